The summed E-state index contributed by atoms with van der Waals surface area (Å²) < 4.78 is 2.20. The van der Waals surface area contributed by atoms with Gasteiger partial charge in [0, 0.05) is 25.5 Å². The Morgan fingerprint density at radius 1 is 1.00 bits per heavy atom. The molecule has 0 bridgehead atoms. The zero-order valence-corrected chi connectivity index (χ0v) is 21.0. The van der Waals surface area contributed by atoms with E-state index >= 15 is 0 Å². The van der Waals surface area contributed by atoms with Gasteiger partial charge in [0.1, 0.15) is 4.32 Å². The average Bonchev–Trinajstić information content (AvgIpc) is 3.11. The van der Waals surface area contributed by atoms with Crippen molar-refractivity contribution in [1.82, 2.24) is 9.47 Å². The van der Waals surface area contributed by atoms with Gasteiger partial charge in [0.25, 0.3) is 11.5 Å². The van der Waals surface area contributed by atoms with Crippen molar-refractivity contribution in [2.75, 3.05) is 18.0 Å². The number of thioether (sulfide) groups is 1. The fourth-order valence-corrected chi connectivity index (χ4v) is 5.97. The van der Waals surface area contributed by atoms with Crippen LogP contribution in [0.1, 0.15) is 36.0 Å². The number of piperidine rings is 1. The van der Waals surface area contributed by atoms with Crippen LogP contribution >= 0.6 is 24.0 Å². The molecule has 1 aromatic heterocycles. The molecule has 0 atom stereocenters. The maximum Gasteiger partial charge on any atom is 0.266 e. The van der Waals surface area contributed by atoms with Gasteiger partial charge in [-0.05, 0) is 43.9 Å². The Hall–Kier alpha value is -2.90. The second-order valence-electron chi connectivity index (χ2n) is 8.94. The molecule has 174 valence electrons. The van der Waals surface area contributed by atoms with E-state index in [0.717, 1.165) is 48.1 Å². The van der Waals surface area contributed by atoms with Crippen LogP contribution in [0.5, 0.6) is 0 Å². The molecule has 2 aliphatic heterocycles. The molecule has 2 saturated heterocycles. The molecule has 2 aliphatic rings. The number of para-hydroxylation sites is 1. The smallest absolute Gasteiger partial charge is 0.266 e. The highest BCUT2D eigenvalue weighted by Crippen LogP contribution is 2.37. The van der Waals surface area contributed by atoms with Crippen LogP contribution < -0.4 is 10.5 Å². The van der Waals surface area contributed by atoms with Crippen LogP contribution in [-0.4, -0.2) is 32.8 Å². The third kappa shape index (κ3) is 4.18. The van der Waals surface area contributed by atoms with E-state index in [1.165, 1.54) is 23.7 Å². The van der Waals surface area contributed by atoms with Crippen LogP contribution in [0, 0.1) is 6.92 Å². The van der Waals surface area contributed by atoms with E-state index in [1.807, 2.05) is 49.4 Å². The minimum atomic E-state index is -0.143. The summed E-state index contributed by atoms with van der Waals surface area (Å²) in [6, 6.07) is 16.1. The molecule has 5 rings (SSSR count). The number of anilines is 1. The lowest BCUT2D eigenvalue weighted by molar-refractivity contribution is -0.122. The third-order valence-corrected chi connectivity index (χ3v) is 7.97. The van der Waals surface area contributed by atoms with Crippen LogP contribution in [0.2, 0.25) is 0 Å². The van der Waals surface area contributed by atoms with Crippen molar-refractivity contribution in [1.29, 1.82) is 0 Å². The lowest BCUT2D eigenvalue weighted by Crippen LogP contribution is -2.33. The molecule has 1 amide bonds. The molecule has 3 heterocycles. The predicted molar refractivity (Wildman–Crippen MR) is 145 cm³/mol. The van der Waals surface area contributed by atoms with E-state index in [0.29, 0.717) is 21.3 Å². The van der Waals surface area contributed by atoms with Gasteiger partial charge in [-0.1, -0.05) is 72.0 Å². The van der Waals surface area contributed by atoms with Crippen LogP contribution in [0.3, 0.4) is 0 Å². The summed E-state index contributed by atoms with van der Waals surface area (Å²) in [6.07, 6.45) is 5.17. The Balaban J connectivity index is 1.59. The number of nitrogens with zero attached hydrogens (tertiary/aromatic N) is 3. The number of carbonyl (C=O) groups is 1. The van der Waals surface area contributed by atoms with Crippen molar-refractivity contribution < 1.29 is 4.79 Å². The highest BCUT2D eigenvalue weighted by atomic mass is 32.2. The van der Waals surface area contributed by atoms with E-state index < -0.39 is 0 Å². The minimum absolute atomic E-state index is 0.0944. The van der Waals surface area contributed by atoms with Gasteiger partial charge < -0.3 is 9.47 Å². The van der Waals surface area contributed by atoms with Gasteiger partial charge in [0.05, 0.1) is 28.2 Å². The molecular formula is C27H27N3O2S2. The number of aromatic nitrogens is 1. The molecule has 2 aromatic carbocycles. The fraction of sp³-hybridized carbons (Fsp3) is 0.296. The number of rotatable bonds is 4. The van der Waals surface area contributed by atoms with Gasteiger partial charge in [-0.2, -0.15) is 0 Å². The maximum atomic E-state index is 13.6. The van der Waals surface area contributed by atoms with E-state index in [2.05, 4.69) is 11.0 Å². The number of fused-ring (bicyclic) bond motifs is 1. The number of benzene rings is 2. The first-order chi connectivity index (χ1) is 16.4. The Morgan fingerprint density at radius 2 is 1.71 bits per heavy atom. The molecule has 0 saturated carbocycles. The SMILES string of the molecule is Cc1ccc(CN2C(=O)C(=Cc3c(N4CCCCC4)c4ccccc4n(C)c3=O)SC2=S)cc1. The first kappa shape index (κ1) is 22.9. The van der Waals surface area contributed by atoms with Crippen LogP contribution in [0.4, 0.5) is 5.69 Å². The Kier molecular flexibility index (Phi) is 6.32. The summed E-state index contributed by atoms with van der Waals surface area (Å²) in [5.74, 6) is -0.143. The fourth-order valence-electron chi connectivity index (χ4n) is 4.73. The lowest BCUT2D eigenvalue weighted by Gasteiger charge is -2.31. The van der Waals surface area contributed by atoms with Gasteiger partial charge in [0.2, 0.25) is 0 Å². The van der Waals surface area contributed by atoms with E-state index in [9.17, 15) is 9.59 Å². The summed E-state index contributed by atoms with van der Waals surface area (Å²) in [5, 5.41) is 1.04. The van der Waals surface area contributed by atoms with Gasteiger partial charge in [0.15, 0.2) is 0 Å². The molecular weight excluding hydrogens is 462 g/mol. The molecule has 7 heteroatoms. The second-order valence-corrected chi connectivity index (χ2v) is 10.6. The van der Waals surface area contributed by atoms with Crippen molar-refractivity contribution in [2.45, 2.75) is 32.7 Å². The molecule has 34 heavy (non-hydrogen) atoms. The van der Waals surface area contributed by atoms with Gasteiger partial charge in [-0.25, -0.2) is 0 Å². The standard InChI is InChI=1S/C27H27N3O2S2/c1-18-10-12-19(13-11-18)17-30-26(32)23(34-27(30)33)16-21-24(29-14-6-3-7-15-29)20-8-4-5-9-22(20)28(2)25(21)31/h4-5,8-13,16H,3,6-7,14-15,17H2,1-2H3. The minimum Gasteiger partial charge on any atom is -0.370 e. The van der Waals surface area contributed by atoms with Crippen molar-refractivity contribution in [2.24, 2.45) is 7.05 Å². The van der Waals surface area contributed by atoms with Crippen molar-refractivity contribution in [3.05, 3.63) is 80.5 Å². The largest absolute Gasteiger partial charge is 0.370 e. The molecule has 0 N–H and O–H groups in total. The second kappa shape index (κ2) is 9.39. The average molecular weight is 490 g/mol. The van der Waals surface area contributed by atoms with Crippen LogP contribution in [0.15, 0.2) is 58.2 Å². The zero-order chi connectivity index (χ0) is 23.8. The number of hydrogen-bond acceptors (Lipinski definition) is 5. The summed E-state index contributed by atoms with van der Waals surface area (Å²) in [5.41, 5.74) is 4.51. The van der Waals surface area contributed by atoms with Crippen molar-refractivity contribution in [3.8, 4) is 0 Å². The molecule has 0 aliphatic carbocycles. The van der Waals surface area contributed by atoms with Gasteiger partial charge in [-0.3, -0.25) is 14.5 Å². The molecule has 0 radical (unpaired) electrons. The number of aryl methyl sites for hydroxylation is 2. The number of thiocarbonyl (C=S) groups is 1. The summed E-state index contributed by atoms with van der Waals surface area (Å²) >= 11 is 6.84. The predicted octanol–water partition coefficient (Wildman–Crippen LogP) is 5.24. The van der Waals surface area contributed by atoms with Crippen LogP contribution in [-0.2, 0) is 18.4 Å². The van der Waals surface area contributed by atoms with E-state index in [-0.39, 0.29) is 11.5 Å². The van der Waals surface area contributed by atoms with Crippen LogP contribution in [0.25, 0.3) is 17.0 Å². The Labute approximate surface area is 209 Å². The zero-order valence-electron chi connectivity index (χ0n) is 19.4. The highest BCUT2D eigenvalue weighted by Gasteiger charge is 2.33. The Bertz CT molecular complexity index is 1370. The molecule has 3 aromatic rings. The monoisotopic (exact) mass is 489 g/mol. The number of carbonyl (C=O) groups excluding carboxylic acids is 1. The number of hydrogen-bond donors (Lipinski definition) is 0. The molecule has 5 nitrogen and oxygen atoms in total. The highest BCUT2D eigenvalue weighted by molar-refractivity contribution is 8.26. The third-order valence-electron chi connectivity index (χ3n) is 6.59. The van der Waals surface area contributed by atoms with E-state index in [4.69, 9.17) is 12.2 Å². The molecule has 0 spiro atoms. The maximum absolute atomic E-state index is 13.6. The first-order valence-electron chi connectivity index (χ1n) is 11.6. The summed E-state index contributed by atoms with van der Waals surface area (Å²) in [4.78, 5) is 31.4. The van der Waals surface area contributed by atoms with Crippen molar-refractivity contribution >= 4 is 56.9 Å². The Morgan fingerprint density at radius 3 is 2.44 bits per heavy atom. The van der Waals surface area contributed by atoms with E-state index in [1.54, 1.807) is 22.6 Å². The lowest BCUT2D eigenvalue weighted by atomic mass is 10.0. The normalized spacial score (nSPS) is 17.9. The quantitative estimate of drug-likeness (QED) is 0.371. The summed E-state index contributed by atoms with van der Waals surface area (Å²) in [7, 11) is 1.80. The number of amides is 1. The van der Waals surface area contributed by atoms with Gasteiger partial charge >= 0.3 is 0 Å². The topological polar surface area (TPSA) is 45.6 Å². The van der Waals surface area contributed by atoms with Crippen molar-refractivity contribution in [3.63, 3.8) is 0 Å². The summed E-state index contributed by atoms with van der Waals surface area (Å²) in [6.45, 7) is 4.28. The molecule has 0 unspecified atom stereocenters. The molecule has 2 fully saturated rings. The van der Waals surface area contributed by atoms with Gasteiger partial charge in [-0.15, -0.1) is 0 Å². The first-order valence-corrected chi connectivity index (χ1v) is 12.8. The number of pyridine rings is 1.